The highest BCUT2D eigenvalue weighted by atomic mass is 16.5. The van der Waals surface area contributed by atoms with Gasteiger partial charge >= 0.3 is 0 Å². The Morgan fingerprint density at radius 2 is 1.05 bits per heavy atom. The summed E-state index contributed by atoms with van der Waals surface area (Å²) in [7, 11) is 0. The van der Waals surface area contributed by atoms with Crippen LogP contribution in [0, 0.1) is 45.3 Å². The van der Waals surface area contributed by atoms with Gasteiger partial charge in [0.2, 0.25) is 0 Å². The minimum Gasteiger partial charge on any atom is -0.305 e. The van der Waals surface area contributed by atoms with Gasteiger partial charge < -0.3 is 4.74 Å². The summed E-state index contributed by atoms with van der Waals surface area (Å²) < 4.78 is 5.24. The molecule has 0 aromatic heterocycles. The van der Waals surface area contributed by atoms with Crippen molar-refractivity contribution in [2.24, 2.45) is 0 Å². The third kappa shape index (κ3) is 1.55. The van der Waals surface area contributed by atoms with E-state index in [1.54, 1.807) is 48.6 Å². The predicted molar refractivity (Wildman–Crippen MR) is 63.4 cm³/mol. The lowest BCUT2D eigenvalue weighted by molar-refractivity contribution is 0.0401. The summed E-state index contributed by atoms with van der Waals surface area (Å²) in [6, 6.07) is 6.98. The average Bonchev–Trinajstić information content (AvgIpc) is 2.68. The van der Waals surface area contributed by atoms with Crippen molar-refractivity contribution in [3.8, 4) is 24.3 Å². The molecule has 0 unspecified atom stereocenters. The van der Waals surface area contributed by atoms with Crippen molar-refractivity contribution < 1.29 is 4.74 Å². The summed E-state index contributed by atoms with van der Waals surface area (Å²) in [5.74, 6) is 0. The number of rotatable bonds is 0. The Bertz CT molecular complexity index is 621. The van der Waals surface area contributed by atoms with Crippen molar-refractivity contribution in [2.45, 2.75) is 11.2 Å². The van der Waals surface area contributed by atoms with E-state index in [0.717, 1.165) is 0 Å². The second-order valence-electron chi connectivity index (χ2n) is 3.84. The Morgan fingerprint density at radius 3 is 1.37 bits per heavy atom. The fourth-order valence-corrected chi connectivity index (χ4v) is 1.95. The first-order valence-corrected chi connectivity index (χ1v) is 5.30. The van der Waals surface area contributed by atoms with E-state index in [2.05, 4.69) is 0 Å². The summed E-state index contributed by atoms with van der Waals surface area (Å²) in [5.41, 5.74) is -3.43. The maximum Gasteiger partial charge on any atom is 0.270 e. The monoisotopic (exact) mass is 246 g/mol. The smallest absolute Gasteiger partial charge is 0.270 e. The molecule has 5 heteroatoms. The lowest BCUT2D eigenvalue weighted by atomic mass is 9.86. The highest BCUT2D eigenvalue weighted by Crippen LogP contribution is 2.46. The number of fused-ring (bicyclic) bond motifs is 1. The van der Waals surface area contributed by atoms with Crippen LogP contribution < -0.4 is 0 Å². The number of nitrogens with zero attached hydrogens (tertiary/aromatic N) is 4. The largest absolute Gasteiger partial charge is 0.305 e. The molecule has 0 spiro atoms. The summed E-state index contributed by atoms with van der Waals surface area (Å²) in [6.45, 7) is 0. The van der Waals surface area contributed by atoms with Gasteiger partial charge in [0.05, 0.1) is 0 Å². The van der Waals surface area contributed by atoms with E-state index in [1.165, 1.54) is 12.2 Å². The highest BCUT2D eigenvalue weighted by Gasteiger charge is 2.58. The first-order chi connectivity index (χ1) is 9.18. The van der Waals surface area contributed by atoms with E-state index in [-0.39, 0.29) is 11.1 Å². The number of hydrogen-bond donors (Lipinski definition) is 0. The SMILES string of the molecule is N#CC1(C#N)OC(C#N)(C#N)C2=C/C=C\C=C/C=C\21. The number of hydrogen-bond acceptors (Lipinski definition) is 5. The van der Waals surface area contributed by atoms with Crippen LogP contribution in [0.4, 0.5) is 0 Å². The van der Waals surface area contributed by atoms with Gasteiger partial charge in [0.15, 0.2) is 0 Å². The minimum absolute atomic E-state index is 0.223. The summed E-state index contributed by atoms with van der Waals surface area (Å²) in [6.07, 6.45) is 9.68. The van der Waals surface area contributed by atoms with E-state index < -0.39 is 11.2 Å². The minimum atomic E-state index is -1.94. The van der Waals surface area contributed by atoms with Crippen molar-refractivity contribution >= 4 is 0 Å². The van der Waals surface area contributed by atoms with Gasteiger partial charge in [-0.15, -0.1) is 0 Å². The van der Waals surface area contributed by atoms with Gasteiger partial charge in [-0.3, -0.25) is 0 Å². The van der Waals surface area contributed by atoms with Crippen molar-refractivity contribution in [1.82, 2.24) is 0 Å². The topological polar surface area (TPSA) is 104 Å². The molecule has 1 aliphatic heterocycles. The van der Waals surface area contributed by atoms with Crippen LogP contribution in [0.2, 0.25) is 0 Å². The molecule has 0 atom stereocenters. The molecule has 0 radical (unpaired) electrons. The first-order valence-electron chi connectivity index (χ1n) is 5.30. The van der Waals surface area contributed by atoms with Crippen molar-refractivity contribution in [3.05, 3.63) is 47.6 Å². The van der Waals surface area contributed by atoms with E-state index in [1.807, 2.05) is 0 Å². The molecule has 0 saturated carbocycles. The second kappa shape index (κ2) is 4.28. The molecule has 0 aromatic rings. The van der Waals surface area contributed by atoms with Crippen LogP contribution >= 0.6 is 0 Å². The molecule has 2 aliphatic rings. The zero-order valence-electron chi connectivity index (χ0n) is 9.66. The Hall–Kier alpha value is -3.12. The van der Waals surface area contributed by atoms with Crippen LogP contribution in [0.5, 0.6) is 0 Å². The molecule has 1 saturated heterocycles. The van der Waals surface area contributed by atoms with Crippen LogP contribution in [0.25, 0.3) is 0 Å². The number of allylic oxidation sites excluding steroid dienone is 6. The lowest BCUT2D eigenvalue weighted by Gasteiger charge is -2.13. The molecule has 88 valence electrons. The maximum atomic E-state index is 9.21. The van der Waals surface area contributed by atoms with Gasteiger partial charge in [0.1, 0.15) is 24.3 Å². The number of ether oxygens (including phenoxy) is 1. The molecular weight excluding hydrogens is 240 g/mol. The Morgan fingerprint density at radius 1 is 0.684 bits per heavy atom. The first kappa shape index (κ1) is 12.3. The van der Waals surface area contributed by atoms with Gasteiger partial charge in [-0.25, -0.2) is 0 Å². The van der Waals surface area contributed by atoms with E-state index in [4.69, 9.17) is 4.74 Å². The van der Waals surface area contributed by atoms with Crippen LogP contribution in [0.1, 0.15) is 0 Å². The highest BCUT2D eigenvalue weighted by molar-refractivity contribution is 5.64. The Kier molecular flexibility index (Phi) is 2.78. The number of nitriles is 4. The van der Waals surface area contributed by atoms with Crippen LogP contribution in [-0.2, 0) is 4.74 Å². The van der Waals surface area contributed by atoms with Crippen molar-refractivity contribution in [1.29, 1.82) is 21.0 Å². The molecule has 5 nitrogen and oxygen atoms in total. The quantitative estimate of drug-likeness (QED) is 0.645. The lowest BCUT2D eigenvalue weighted by Crippen LogP contribution is -2.32. The standard InChI is InChI=1S/C14H6N4O/c15-7-13(8-16)11-5-3-1-2-4-6-12(11)14(9-17,10-18)19-13/h1-6H/b2-1?,3-1-,4-2-,5-3?,6-4?,11-5+,12-6+. The third-order valence-corrected chi connectivity index (χ3v) is 2.84. The average molecular weight is 246 g/mol. The zero-order chi connectivity index (χ0) is 13.9. The molecule has 1 fully saturated rings. The van der Waals surface area contributed by atoms with Crippen molar-refractivity contribution in [2.75, 3.05) is 0 Å². The molecule has 1 heterocycles. The molecule has 2 rings (SSSR count). The summed E-state index contributed by atoms with van der Waals surface area (Å²) in [5, 5.41) is 36.9. The third-order valence-electron chi connectivity index (χ3n) is 2.84. The fourth-order valence-electron chi connectivity index (χ4n) is 1.95. The molecule has 19 heavy (non-hydrogen) atoms. The van der Waals surface area contributed by atoms with Gasteiger partial charge in [-0.1, -0.05) is 36.5 Å². The van der Waals surface area contributed by atoms with Crippen LogP contribution in [0.15, 0.2) is 47.6 Å². The molecule has 1 aliphatic carbocycles. The van der Waals surface area contributed by atoms with Crippen molar-refractivity contribution in [3.63, 3.8) is 0 Å². The predicted octanol–water partition coefficient (Wildman–Crippen LogP) is 1.57. The normalized spacial score (nSPS) is 30.1. The summed E-state index contributed by atoms with van der Waals surface area (Å²) >= 11 is 0. The van der Waals surface area contributed by atoms with Gasteiger partial charge in [0, 0.05) is 11.1 Å². The summed E-state index contributed by atoms with van der Waals surface area (Å²) in [4.78, 5) is 0. The Balaban J connectivity index is 2.79. The van der Waals surface area contributed by atoms with E-state index >= 15 is 0 Å². The van der Waals surface area contributed by atoms with Gasteiger partial charge in [0.25, 0.3) is 11.2 Å². The van der Waals surface area contributed by atoms with Crippen LogP contribution in [-0.4, -0.2) is 11.2 Å². The fraction of sp³-hybridized carbons (Fsp3) is 0.143. The van der Waals surface area contributed by atoms with Gasteiger partial charge in [-0.2, -0.15) is 21.0 Å². The second-order valence-corrected chi connectivity index (χ2v) is 3.84. The van der Waals surface area contributed by atoms with E-state index in [0.29, 0.717) is 0 Å². The maximum absolute atomic E-state index is 9.21. The molecule has 0 bridgehead atoms. The van der Waals surface area contributed by atoms with Gasteiger partial charge in [-0.05, 0) is 0 Å². The molecule has 0 amide bonds. The molecule has 0 aromatic carbocycles. The molecule has 0 N–H and O–H groups in total. The zero-order valence-corrected chi connectivity index (χ0v) is 9.66. The Labute approximate surface area is 109 Å². The van der Waals surface area contributed by atoms with E-state index in [9.17, 15) is 21.0 Å². The van der Waals surface area contributed by atoms with Crippen LogP contribution in [0.3, 0.4) is 0 Å². The molecular formula is C14H6N4O.